The Morgan fingerprint density at radius 1 is 1.04 bits per heavy atom. The average molecular weight is 389 g/mol. The number of ketones is 1. The zero-order chi connectivity index (χ0) is 18.3. The smallest absolute Gasteiger partial charge is 0.243 e. The van der Waals surface area contributed by atoms with E-state index in [0.717, 1.165) is 15.4 Å². The molecule has 0 saturated carbocycles. The number of piperidine rings is 1. The topological polar surface area (TPSA) is 74.7 Å². The van der Waals surface area contributed by atoms with Gasteiger partial charge in [0.25, 0.3) is 0 Å². The minimum Gasteiger partial charge on any atom is -0.393 e. The fraction of sp³-hybridized carbons (Fsp3) is 0.316. The summed E-state index contributed by atoms with van der Waals surface area (Å²) in [6.45, 7) is 0.638. The van der Waals surface area contributed by atoms with E-state index in [9.17, 15) is 18.3 Å². The van der Waals surface area contributed by atoms with Crippen molar-refractivity contribution in [3.05, 3.63) is 53.6 Å². The van der Waals surface area contributed by atoms with E-state index < -0.39 is 16.1 Å². The second-order valence-corrected chi connectivity index (χ2v) is 9.62. The SMILES string of the molecule is O=C1Cc2cc(S(=O)(=O)N3CCC(O)CC3)ccc2Sc2ccccc21. The van der Waals surface area contributed by atoms with Crippen molar-refractivity contribution in [3.63, 3.8) is 0 Å². The molecular formula is C19H19NO4S2. The van der Waals surface area contributed by atoms with Crippen molar-refractivity contribution in [2.45, 2.75) is 40.1 Å². The van der Waals surface area contributed by atoms with Crippen molar-refractivity contribution in [2.75, 3.05) is 13.1 Å². The summed E-state index contributed by atoms with van der Waals surface area (Å²) in [6, 6.07) is 12.5. The molecule has 1 fully saturated rings. The van der Waals surface area contributed by atoms with Crippen molar-refractivity contribution < 1.29 is 18.3 Å². The summed E-state index contributed by atoms with van der Waals surface area (Å²) in [4.78, 5) is 14.6. The molecule has 0 amide bonds. The predicted molar refractivity (Wildman–Crippen MR) is 99.0 cm³/mol. The molecule has 0 radical (unpaired) electrons. The van der Waals surface area contributed by atoms with E-state index in [1.165, 1.54) is 16.1 Å². The number of rotatable bonds is 2. The Bertz CT molecular complexity index is 963. The van der Waals surface area contributed by atoms with E-state index in [2.05, 4.69) is 0 Å². The maximum atomic E-state index is 12.9. The number of Topliss-reactive ketones (excluding diaryl/α,β-unsaturated/α-hetero) is 1. The molecule has 0 atom stereocenters. The Hall–Kier alpha value is -1.67. The van der Waals surface area contributed by atoms with Crippen molar-refractivity contribution in [3.8, 4) is 0 Å². The molecule has 1 saturated heterocycles. The summed E-state index contributed by atoms with van der Waals surface area (Å²) in [5.41, 5.74) is 1.43. The Morgan fingerprint density at radius 2 is 1.77 bits per heavy atom. The number of sulfonamides is 1. The first-order chi connectivity index (χ1) is 12.4. The third-order valence-electron chi connectivity index (χ3n) is 4.85. The number of fused-ring (bicyclic) bond motifs is 2. The summed E-state index contributed by atoms with van der Waals surface area (Å²) in [6.07, 6.45) is 0.671. The summed E-state index contributed by atoms with van der Waals surface area (Å²) in [7, 11) is -3.61. The molecule has 0 spiro atoms. The van der Waals surface area contributed by atoms with Gasteiger partial charge in [-0.15, -0.1) is 0 Å². The maximum Gasteiger partial charge on any atom is 0.243 e. The lowest BCUT2D eigenvalue weighted by Gasteiger charge is -2.28. The van der Waals surface area contributed by atoms with Crippen LogP contribution in [0.3, 0.4) is 0 Å². The zero-order valence-corrected chi connectivity index (χ0v) is 15.7. The highest BCUT2D eigenvalue weighted by molar-refractivity contribution is 7.99. The molecule has 0 unspecified atom stereocenters. The first-order valence-electron chi connectivity index (χ1n) is 8.56. The average Bonchev–Trinajstić information content (AvgIpc) is 2.77. The lowest BCUT2D eigenvalue weighted by atomic mass is 10.0. The fourth-order valence-electron chi connectivity index (χ4n) is 3.36. The molecule has 26 heavy (non-hydrogen) atoms. The predicted octanol–water partition coefficient (Wildman–Crippen LogP) is 2.72. The number of hydrogen-bond acceptors (Lipinski definition) is 5. The summed E-state index contributed by atoms with van der Waals surface area (Å²) < 4.78 is 27.3. The normalized spacial score (nSPS) is 18.9. The molecule has 2 aliphatic heterocycles. The lowest BCUT2D eigenvalue weighted by Crippen LogP contribution is -2.40. The second kappa shape index (κ2) is 6.81. The highest BCUT2D eigenvalue weighted by Crippen LogP contribution is 2.38. The Balaban J connectivity index is 1.68. The Labute approximate surface area is 157 Å². The number of carbonyl (C=O) groups is 1. The van der Waals surface area contributed by atoms with Gasteiger partial charge in [0.15, 0.2) is 5.78 Å². The third kappa shape index (κ3) is 3.20. The van der Waals surface area contributed by atoms with Gasteiger partial charge in [0, 0.05) is 34.9 Å². The van der Waals surface area contributed by atoms with Gasteiger partial charge in [-0.1, -0.05) is 30.0 Å². The van der Waals surface area contributed by atoms with Crippen LogP contribution in [0, 0.1) is 0 Å². The molecule has 0 bridgehead atoms. The van der Waals surface area contributed by atoms with Gasteiger partial charge in [-0.3, -0.25) is 4.79 Å². The maximum absolute atomic E-state index is 12.9. The number of nitrogens with zero attached hydrogens (tertiary/aromatic N) is 1. The minimum atomic E-state index is -3.61. The van der Waals surface area contributed by atoms with Crippen molar-refractivity contribution in [2.24, 2.45) is 0 Å². The fourth-order valence-corrected chi connectivity index (χ4v) is 5.95. The first kappa shape index (κ1) is 17.7. The van der Waals surface area contributed by atoms with E-state index in [1.54, 1.807) is 18.2 Å². The molecule has 1 N–H and O–H groups in total. The van der Waals surface area contributed by atoms with Gasteiger partial charge in [-0.25, -0.2) is 8.42 Å². The van der Waals surface area contributed by atoms with E-state index in [1.807, 2.05) is 24.3 Å². The van der Waals surface area contributed by atoms with Crippen LogP contribution in [0.15, 0.2) is 57.2 Å². The molecule has 0 aromatic heterocycles. The van der Waals surface area contributed by atoms with Crippen molar-refractivity contribution in [1.29, 1.82) is 0 Å². The van der Waals surface area contributed by atoms with Crippen LogP contribution in [-0.2, 0) is 16.4 Å². The van der Waals surface area contributed by atoms with Crippen LogP contribution >= 0.6 is 11.8 Å². The lowest BCUT2D eigenvalue weighted by molar-refractivity contribution is 0.0989. The van der Waals surface area contributed by atoms with Crippen LogP contribution in [0.25, 0.3) is 0 Å². The highest BCUT2D eigenvalue weighted by atomic mass is 32.2. The van der Waals surface area contributed by atoms with Crippen molar-refractivity contribution in [1.82, 2.24) is 4.31 Å². The first-order valence-corrected chi connectivity index (χ1v) is 10.8. The third-order valence-corrected chi connectivity index (χ3v) is 7.94. The molecule has 5 nitrogen and oxygen atoms in total. The van der Waals surface area contributed by atoms with Crippen LogP contribution in [0.4, 0.5) is 0 Å². The molecule has 136 valence electrons. The number of aliphatic hydroxyl groups excluding tert-OH is 1. The molecule has 2 aromatic rings. The number of carbonyl (C=O) groups excluding carboxylic acids is 1. The molecular weight excluding hydrogens is 370 g/mol. The quantitative estimate of drug-likeness (QED) is 0.855. The zero-order valence-electron chi connectivity index (χ0n) is 14.1. The highest BCUT2D eigenvalue weighted by Gasteiger charge is 2.30. The van der Waals surface area contributed by atoms with Gasteiger partial charge in [0.2, 0.25) is 10.0 Å². The summed E-state index contributed by atoms with van der Waals surface area (Å²) >= 11 is 1.50. The number of benzene rings is 2. The number of aliphatic hydroxyl groups is 1. The summed E-state index contributed by atoms with van der Waals surface area (Å²) in [5, 5.41) is 9.61. The van der Waals surface area contributed by atoms with Gasteiger partial charge in [0.1, 0.15) is 0 Å². The van der Waals surface area contributed by atoms with Crippen LogP contribution in [0.2, 0.25) is 0 Å². The Kier molecular flexibility index (Phi) is 4.64. The Morgan fingerprint density at radius 3 is 2.54 bits per heavy atom. The van der Waals surface area contributed by atoms with E-state index >= 15 is 0 Å². The van der Waals surface area contributed by atoms with Gasteiger partial charge < -0.3 is 5.11 Å². The van der Waals surface area contributed by atoms with Crippen LogP contribution < -0.4 is 0 Å². The molecule has 2 aromatic carbocycles. The standard InChI is InChI=1S/C19H19NO4S2/c21-14-7-9-20(10-8-14)26(23,24)15-5-6-18-13(11-15)12-17(22)16-3-1-2-4-19(16)25-18/h1-6,11,14,21H,7-10,12H2. The number of hydrogen-bond donors (Lipinski definition) is 1. The second-order valence-electron chi connectivity index (χ2n) is 6.60. The molecule has 2 aliphatic rings. The van der Waals surface area contributed by atoms with Crippen LogP contribution in [0.1, 0.15) is 28.8 Å². The van der Waals surface area contributed by atoms with Crippen LogP contribution in [-0.4, -0.2) is 42.8 Å². The van der Waals surface area contributed by atoms with Gasteiger partial charge in [-0.05, 0) is 42.7 Å². The molecule has 4 rings (SSSR count). The van der Waals surface area contributed by atoms with Gasteiger partial charge in [-0.2, -0.15) is 4.31 Å². The van der Waals surface area contributed by atoms with E-state index in [0.29, 0.717) is 31.5 Å². The molecule has 0 aliphatic carbocycles. The van der Waals surface area contributed by atoms with E-state index in [4.69, 9.17) is 0 Å². The van der Waals surface area contributed by atoms with Crippen LogP contribution in [0.5, 0.6) is 0 Å². The van der Waals surface area contributed by atoms with Crippen molar-refractivity contribution >= 4 is 27.6 Å². The minimum absolute atomic E-state index is 0.00231. The largest absolute Gasteiger partial charge is 0.393 e. The molecule has 7 heteroatoms. The summed E-state index contributed by atoms with van der Waals surface area (Å²) in [5.74, 6) is 0.00231. The van der Waals surface area contributed by atoms with Gasteiger partial charge >= 0.3 is 0 Å². The molecule has 2 heterocycles. The van der Waals surface area contributed by atoms with Gasteiger partial charge in [0.05, 0.1) is 11.0 Å². The van der Waals surface area contributed by atoms with E-state index in [-0.39, 0.29) is 17.1 Å². The monoisotopic (exact) mass is 389 g/mol.